The molecule has 0 atom stereocenters. The van der Waals surface area contributed by atoms with Gasteiger partial charge in [-0.15, -0.1) is 0 Å². The third-order valence-corrected chi connectivity index (χ3v) is 10.2. The molecule has 2 heterocycles. The van der Waals surface area contributed by atoms with Crippen molar-refractivity contribution in [3.8, 4) is 0 Å². The number of hydrogen-bond donors (Lipinski definition) is 3. The van der Waals surface area contributed by atoms with Gasteiger partial charge in [0, 0.05) is 94.4 Å². The first kappa shape index (κ1) is 35.4. The summed E-state index contributed by atoms with van der Waals surface area (Å²) in [7, 11) is 7.94. The van der Waals surface area contributed by atoms with Crippen molar-refractivity contribution in [1.29, 1.82) is 0 Å². The summed E-state index contributed by atoms with van der Waals surface area (Å²) in [6.45, 7) is 10.6. The number of pyridine rings is 1. The van der Waals surface area contributed by atoms with Crippen LogP contribution in [-0.2, 0) is 7.05 Å². The van der Waals surface area contributed by atoms with Crippen LogP contribution in [0, 0.1) is 0 Å². The lowest BCUT2D eigenvalue weighted by Gasteiger charge is -2.36. The third-order valence-electron chi connectivity index (χ3n) is 7.82. The van der Waals surface area contributed by atoms with Gasteiger partial charge in [0.05, 0.1) is 0 Å². The standard InChI is InChI=1S/C38H50N6S2/c1-4-33(17-20-39-2)5-6-35-11-15-38(16-12-35)44-28-26-43(27-29-44)30-32-46-45-31-23-40-21-22-41-37-13-9-34(10-14-37)7-8-36-18-24-42(3)25-19-36/h4-20,24-25,39-40H,21-23,26-32H2,1-3H3/p+1/b6-5+,20-17-,33-4-. The van der Waals surface area contributed by atoms with E-state index >= 15 is 0 Å². The molecule has 0 aliphatic carbocycles. The highest BCUT2D eigenvalue weighted by Gasteiger charge is 2.16. The van der Waals surface area contributed by atoms with E-state index in [-0.39, 0.29) is 0 Å². The summed E-state index contributed by atoms with van der Waals surface area (Å²) in [5, 5.41) is 10.1. The van der Waals surface area contributed by atoms with E-state index in [1.54, 1.807) is 0 Å². The van der Waals surface area contributed by atoms with E-state index < -0.39 is 0 Å². The molecule has 3 aromatic rings. The highest BCUT2D eigenvalue weighted by molar-refractivity contribution is 8.76. The van der Waals surface area contributed by atoms with E-state index in [1.807, 2.05) is 46.5 Å². The quantitative estimate of drug-likeness (QED) is 0.0620. The molecule has 0 unspecified atom stereocenters. The molecule has 3 N–H and O–H groups in total. The second-order valence-electron chi connectivity index (χ2n) is 11.2. The lowest BCUT2D eigenvalue weighted by atomic mass is 10.1. The van der Waals surface area contributed by atoms with Gasteiger partial charge in [0.25, 0.3) is 0 Å². The molecule has 46 heavy (non-hydrogen) atoms. The molecular formula is C38H51N6S2+. The number of aromatic nitrogens is 1. The SMILES string of the molecule is C/C=C(\C=C/NC)/C=C/c1ccc(N2CCN(CCSSCCNCCNc3ccc(/C=C/c4cc[n+](C)cc4)cc3)CC2)cc1. The molecule has 1 fully saturated rings. The first-order chi connectivity index (χ1) is 22.6. The van der Waals surface area contributed by atoms with Crippen molar-refractivity contribution < 1.29 is 4.57 Å². The van der Waals surface area contributed by atoms with Gasteiger partial charge in [-0.1, -0.05) is 76.2 Å². The Kier molecular flexibility index (Phi) is 15.9. The van der Waals surface area contributed by atoms with E-state index in [0.29, 0.717) is 0 Å². The topological polar surface area (TPSA) is 46.5 Å². The zero-order chi connectivity index (χ0) is 32.2. The minimum atomic E-state index is 0.924. The largest absolute Gasteiger partial charge is 0.394 e. The van der Waals surface area contributed by atoms with Crippen LogP contribution in [0.1, 0.15) is 23.6 Å². The molecule has 0 bridgehead atoms. The molecular weight excluding hydrogens is 605 g/mol. The minimum absolute atomic E-state index is 0.924. The lowest BCUT2D eigenvalue weighted by molar-refractivity contribution is -0.671. The highest BCUT2D eigenvalue weighted by Crippen LogP contribution is 2.22. The van der Waals surface area contributed by atoms with Crippen LogP contribution in [0.25, 0.3) is 18.2 Å². The fourth-order valence-electron chi connectivity index (χ4n) is 4.99. The second-order valence-corrected chi connectivity index (χ2v) is 13.9. The molecule has 1 saturated heterocycles. The van der Waals surface area contributed by atoms with E-state index in [0.717, 1.165) is 57.3 Å². The van der Waals surface area contributed by atoms with Gasteiger partial charge in [0.15, 0.2) is 12.4 Å². The Labute approximate surface area is 285 Å². The number of rotatable bonds is 18. The highest BCUT2D eigenvalue weighted by atomic mass is 33.1. The van der Waals surface area contributed by atoms with Crippen molar-refractivity contribution in [2.45, 2.75) is 6.92 Å². The molecule has 4 rings (SSSR count). The monoisotopic (exact) mass is 655 g/mol. The van der Waals surface area contributed by atoms with Crippen molar-refractivity contribution in [2.75, 3.05) is 81.1 Å². The Morgan fingerprint density at radius 2 is 1.41 bits per heavy atom. The van der Waals surface area contributed by atoms with Crippen LogP contribution < -0.4 is 25.4 Å². The van der Waals surface area contributed by atoms with Crippen molar-refractivity contribution in [2.24, 2.45) is 7.05 Å². The molecule has 2 aromatic carbocycles. The van der Waals surface area contributed by atoms with Gasteiger partial charge in [-0.2, -0.15) is 0 Å². The van der Waals surface area contributed by atoms with Gasteiger partial charge in [0.2, 0.25) is 0 Å². The number of nitrogens with zero attached hydrogens (tertiary/aromatic N) is 3. The summed E-state index contributed by atoms with van der Waals surface area (Å²) in [6.07, 6.45) is 18.9. The molecule has 244 valence electrons. The summed E-state index contributed by atoms with van der Waals surface area (Å²) in [5.74, 6) is 2.31. The maximum atomic E-state index is 3.56. The van der Waals surface area contributed by atoms with E-state index in [1.165, 1.54) is 40.2 Å². The predicted octanol–water partition coefficient (Wildman–Crippen LogP) is 6.58. The Bertz CT molecular complexity index is 1390. The number of aryl methyl sites for hydroxylation is 1. The Hall–Kier alpha value is -3.43. The number of benzene rings is 2. The van der Waals surface area contributed by atoms with Gasteiger partial charge in [-0.25, -0.2) is 4.57 Å². The molecule has 0 amide bonds. The van der Waals surface area contributed by atoms with Crippen molar-refractivity contribution >= 4 is 51.2 Å². The number of hydrogen-bond acceptors (Lipinski definition) is 7. The molecule has 6 nitrogen and oxygen atoms in total. The summed E-state index contributed by atoms with van der Waals surface area (Å²) < 4.78 is 2.04. The summed E-state index contributed by atoms with van der Waals surface area (Å²) in [5.41, 5.74) is 7.31. The van der Waals surface area contributed by atoms with Crippen LogP contribution in [0.15, 0.2) is 103 Å². The predicted molar refractivity (Wildman–Crippen MR) is 205 cm³/mol. The molecule has 0 radical (unpaired) electrons. The van der Waals surface area contributed by atoms with E-state index in [4.69, 9.17) is 0 Å². The Balaban J connectivity index is 0.994. The Morgan fingerprint density at radius 1 is 0.761 bits per heavy atom. The Morgan fingerprint density at radius 3 is 2.11 bits per heavy atom. The lowest BCUT2D eigenvalue weighted by Crippen LogP contribution is -2.47. The van der Waals surface area contributed by atoms with Crippen LogP contribution in [0.2, 0.25) is 0 Å². The van der Waals surface area contributed by atoms with Crippen LogP contribution >= 0.6 is 21.6 Å². The van der Waals surface area contributed by atoms with Crippen molar-refractivity contribution in [3.05, 3.63) is 120 Å². The first-order valence-electron chi connectivity index (χ1n) is 16.3. The average Bonchev–Trinajstić information content (AvgIpc) is 3.10. The minimum Gasteiger partial charge on any atom is -0.394 e. The second kappa shape index (κ2) is 20.6. The molecule has 0 saturated carbocycles. The number of piperazine rings is 1. The number of nitrogens with one attached hydrogen (secondary N) is 3. The van der Waals surface area contributed by atoms with Crippen molar-refractivity contribution in [1.82, 2.24) is 15.5 Å². The molecule has 0 spiro atoms. The average molecular weight is 656 g/mol. The smallest absolute Gasteiger partial charge is 0.169 e. The maximum absolute atomic E-state index is 3.56. The van der Waals surface area contributed by atoms with Gasteiger partial charge in [0.1, 0.15) is 7.05 Å². The fraction of sp³-hybridized carbons (Fsp3) is 0.342. The van der Waals surface area contributed by atoms with E-state index in [9.17, 15) is 0 Å². The number of allylic oxidation sites excluding steroid dienone is 4. The van der Waals surface area contributed by atoms with Crippen molar-refractivity contribution in [3.63, 3.8) is 0 Å². The summed E-state index contributed by atoms with van der Waals surface area (Å²) in [6, 6.07) is 21.8. The molecule has 1 aliphatic rings. The first-order valence-corrected chi connectivity index (χ1v) is 18.8. The van der Waals surface area contributed by atoms with Crippen LogP contribution in [0.5, 0.6) is 0 Å². The maximum Gasteiger partial charge on any atom is 0.169 e. The van der Waals surface area contributed by atoms with Gasteiger partial charge in [-0.3, -0.25) is 4.90 Å². The molecule has 8 heteroatoms. The summed E-state index contributed by atoms with van der Waals surface area (Å²) in [4.78, 5) is 5.12. The third kappa shape index (κ3) is 13.1. The molecule has 1 aliphatic heterocycles. The normalized spacial score (nSPS) is 14.6. The van der Waals surface area contributed by atoms with Crippen LogP contribution in [0.4, 0.5) is 11.4 Å². The van der Waals surface area contributed by atoms with Crippen LogP contribution in [-0.4, -0.2) is 75.8 Å². The zero-order valence-electron chi connectivity index (χ0n) is 27.7. The van der Waals surface area contributed by atoms with Gasteiger partial charge >= 0.3 is 0 Å². The summed E-state index contributed by atoms with van der Waals surface area (Å²) >= 11 is 0. The zero-order valence-corrected chi connectivity index (χ0v) is 29.3. The van der Waals surface area contributed by atoms with Gasteiger partial charge in [-0.05, 0) is 65.7 Å². The number of anilines is 2. The fourth-order valence-corrected chi connectivity index (χ4v) is 6.97. The van der Waals surface area contributed by atoms with Gasteiger partial charge < -0.3 is 20.9 Å². The van der Waals surface area contributed by atoms with Crippen LogP contribution in [0.3, 0.4) is 0 Å². The van der Waals surface area contributed by atoms with E-state index in [2.05, 4.69) is 142 Å². The molecule has 1 aromatic heterocycles.